The third-order valence-electron chi connectivity index (χ3n) is 5.00. The highest BCUT2D eigenvalue weighted by atomic mass is 32.2. The van der Waals surface area contributed by atoms with Crippen LogP contribution in [0.25, 0.3) is 0 Å². The second-order valence-electron chi connectivity index (χ2n) is 7.14. The van der Waals surface area contributed by atoms with Gasteiger partial charge in [-0.2, -0.15) is 5.10 Å². The number of carboxylic acids is 1. The van der Waals surface area contributed by atoms with E-state index >= 15 is 0 Å². The van der Waals surface area contributed by atoms with Crippen LogP contribution < -0.4 is 5.32 Å². The molecule has 2 aliphatic rings. The lowest BCUT2D eigenvalue weighted by Gasteiger charge is -2.49. The van der Waals surface area contributed by atoms with E-state index in [0.29, 0.717) is 21.4 Å². The van der Waals surface area contributed by atoms with Gasteiger partial charge < -0.3 is 10.4 Å². The lowest BCUT2D eigenvalue weighted by molar-refractivity contribution is -0.385. The third-order valence-corrected chi connectivity index (χ3v) is 8.40. The Morgan fingerprint density at radius 3 is 2.82 bits per heavy atom. The number of aliphatic carboxylic acids is 1. The molecule has 2 aromatic rings. The Balaban J connectivity index is 1.44. The van der Waals surface area contributed by atoms with E-state index in [0.717, 1.165) is 22.1 Å². The third kappa shape index (κ3) is 4.45. The van der Waals surface area contributed by atoms with Crippen LogP contribution >= 0.6 is 34.9 Å². The summed E-state index contributed by atoms with van der Waals surface area (Å²) in [7, 11) is 0. The zero-order chi connectivity index (χ0) is 23.9. The van der Waals surface area contributed by atoms with Crippen molar-refractivity contribution in [1.82, 2.24) is 30.2 Å². The molecule has 0 radical (unpaired) electrons. The van der Waals surface area contributed by atoms with Crippen LogP contribution in [0.1, 0.15) is 18.0 Å². The number of fused-ring (bicyclic) bond motifs is 1. The van der Waals surface area contributed by atoms with Crippen LogP contribution in [0.15, 0.2) is 28.0 Å². The van der Waals surface area contributed by atoms with Gasteiger partial charge in [0, 0.05) is 11.5 Å². The van der Waals surface area contributed by atoms with E-state index in [4.69, 9.17) is 0 Å². The average Bonchev–Trinajstić information content (AvgIpc) is 3.43. The molecule has 2 amide bonds. The minimum absolute atomic E-state index is 0.0706. The Morgan fingerprint density at radius 1 is 1.45 bits per heavy atom. The maximum atomic E-state index is 12.8. The lowest BCUT2D eigenvalue weighted by atomic mass is 10.0. The summed E-state index contributed by atoms with van der Waals surface area (Å²) in [6, 6.07) is -1.80. The molecule has 2 aromatic heterocycles. The van der Waals surface area contributed by atoms with Crippen molar-refractivity contribution in [1.29, 1.82) is 0 Å². The monoisotopic (exact) mass is 511 g/mol. The maximum absolute atomic E-state index is 12.8. The van der Waals surface area contributed by atoms with E-state index in [1.807, 2.05) is 6.92 Å². The zero-order valence-corrected chi connectivity index (χ0v) is 19.6. The van der Waals surface area contributed by atoms with Crippen LogP contribution in [0.5, 0.6) is 0 Å². The Labute approximate surface area is 198 Å². The van der Waals surface area contributed by atoms with Gasteiger partial charge in [-0.25, -0.2) is 4.79 Å². The number of aromatic nitrogens is 4. The van der Waals surface area contributed by atoms with E-state index in [9.17, 15) is 29.6 Å². The first-order chi connectivity index (χ1) is 15.7. The molecule has 2 N–H and O–H groups in total. The predicted octanol–water partition coefficient (Wildman–Crippen LogP) is 1.04. The smallest absolute Gasteiger partial charge is 0.352 e. The van der Waals surface area contributed by atoms with Gasteiger partial charge in [-0.1, -0.05) is 23.1 Å². The van der Waals surface area contributed by atoms with E-state index in [1.165, 1.54) is 46.7 Å². The van der Waals surface area contributed by atoms with Crippen LogP contribution in [0, 0.1) is 17.0 Å². The fourth-order valence-corrected chi connectivity index (χ4v) is 6.61. The first-order valence-electron chi connectivity index (χ1n) is 9.49. The number of hydrogen-bond donors (Lipinski definition) is 2. The van der Waals surface area contributed by atoms with E-state index in [2.05, 4.69) is 20.6 Å². The maximum Gasteiger partial charge on any atom is 0.352 e. The molecule has 16 heteroatoms. The number of carbonyl (C=O) groups excluding carboxylic acids is 2. The fraction of sp³-hybridized carbons (Fsp3) is 0.412. The molecule has 1 saturated heterocycles. The number of nitrogens with zero attached hydrogens (tertiary/aromatic N) is 6. The number of amides is 2. The van der Waals surface area contributed by atoms with Crippen molar-refractivity contribution in [2.75, 3.05) is 11.5 Å². The SMILES string of the molecule is Cc1nnc(SCC2=C(C(=O)O)N3C(=O)[C@@H](NC(=O)[C@@H](C)n4cc([N+](=O)[O-])cn4)[C@@H]3SC2)s1. The molecule has 0 unspecified atom stereocenters. The first-order valence-corrected chi connectivity index (χ1v) is 12.3. The largest absolute Gasteiger partial charge is 0.477 e. The summed E-state index contributed by atoms with van der Waals surface area (Å²) in [5, 5.41) is 35.2. The summed E-state index contributed by atoms with van der Waals surface area (Å²) in [4.78, 5) is 48.7. The molecule has 1 fully saturated rings. The Kier molecular flexibility index (Phi) is 6.40. The number of rotatable bonds is 8. The van der Waals surface area contributed by atoms with Gasteiger partial charge >= 0.3 is 11.7 Å². The van der Waals surface area contributed by atoms with E-state index in [-0.39, 0.29) is 11.4 Å². The molecule has 4 heterocycles. The molecule has 33 heavy (non-hydrogen) atoms. The summed E-state index contributed by atoms with van der Waals surface area (Å²) < 4.78 is 1.85. The summed E-state index contributed by atoms with van der Waals surface area (Å²) in [6.45, 7) is 3.32. The topological polar surface area (TPSA) is 173 Å². The Hall–Kier alpha value is -2.98. The second kappa shape index (κ2) is 9.11. The van der Waals surface area contributed by atoms with Gasteiger partial charge in [0.2, 0.25) is 5.91 Å². The van der Waals surface area contributed by atoms with Crippen LogP contribution in [-0.2, 0) is 14.4 Å². The highest BCUT2D eigenvalue weighted by Crippen LogP contribution is 2.41. The minimum atomic E-state index is -1.21. The van der Waals surface area contributed by atoms with Gasteiger partial charge in [-0.05, 0) is 19.4 Å². The highest BCUT2D eigenvalue weighted by Gasteiger charge is 2.54. The van der Waals surface area contributed by atoms with Crippen molar-refractivity contribution in [2.24, 2.45) is 0 Å². The van der Waals surface area contributed by atoms with Crippen molar-refractivity contribution < 1.29 is 24.4 Å². The van der Waals surface area contributed by atoms with E-state index in [1.54, 1.807) is 0 Å². The Morgan fingerprint density at radius 2 is 2.21 bits per heavy atom. The van der Waals surface area contributed by atoms with Crippen molar-refractivity contribution in [2.45, 2.75) is 35.6 Å². The van der Waals surface area contributed by atoms with E-state index < -0.39 is 40.2 Å². The van der Waals surface area contributed by atoms with Crippen LogP contribution in [-0.4, -0.2) is 75.6 Å². The molecular formula is C17H17N7O6S3. The number of carbonyl (C=O) groups is 3. The molecule has 4 rings (SSSR count). The van der Waals surface area contributed by atoms with Gasteiger partial charge in [-0.15, -0.1) is 22.0 Å². The first kappa shape index (κ1) is 23.2. The van der Waals surface area contributed by atoms with Gasteiger partial charge in [0.1, 0.15) is 40.6 Å². The molecule has 0 saturated carbocycles. The standard InChI is InChI=1S/C17H17N7O6S3/c1-7(22-4-10(3-18-22)24(29)30)13(25)19-11-14(26)23-12(16(27)28)9(5-31-15(11)23)6-32-17-21-20-8(2)33-17/h3-4,7,11,15H,5-6H2,1-2H3,(H,19,25)(H,27,28)/t7-,11-,15+/m1/s1. The van der Waals surface area contributed by atoms with Crippen molar-refractivity contribution in [3.8, 4) is 0 Å². The second-order valence-corrected chi connectivity index (χ2v) is 10.6. The average molecular weight is 512 g/mol. The zero-order valence-electron chi connectivity index (χ0n) is 17.2. The summed E-state index contributed by atoms with van der Waals surface area (Å²) in [5.74, 6) is -1.55. The minimum Gasteiger partial charge on any atom is -0.477 e. The summed E-state index contributed by atoms with van der Waals surface area (Å²) >= 11 is 4.13. The van der Waals surface area contributed by atoms with Crippen molar-refractivity contribution >= 4 is 58.3 Å². The molecule has 3 atom stereocenters. The number of nitro groups is 1. The van der Waals surface area contributed by atoms with Crippen LogP contribution in [0.4, 0.5) is 5.69 Å². The molecule has 174 valence electrons. The summed E-state index contributed by atoms with van der Waals surface area (Å²) in [5.41, 5.74) is 0.268. The van der Waals surface area contributed by atoms with Crippen molar-refractivity contribution in [3.05, 3.63) is 38.8 Å². The molecule has 0 aliphatic carbocycles. The van der Waals surface area contributed by atoms with Crippen LogP contribution in [0.2, 0.25) is 0 Å². The number of aryl methyl sites for hydroxylation is 1. The van der Waals surface area contributed by atoms with Crippen molar-refractivity contribution in [3.63, 3.8) is 0 Å². The number of carboxylic acid groups (broad SMARTS) is 1. The summed E-state index contributed by atoms with van der Waals surface area (Å²) in [6.07, 6.45) is 2.16. The Bertz CT molecular complexity index is 1180. The molecule has 0 aromatic carbocycles. The number of nitrogens with one attached hydrogen (secondary N) is 1. The fourth-order valence-electron chi connectivity index (χ4n) is 3.31. The van der Waals surface area contributed by atoms with Gasteiger partial charge in [0.05, 0.1) is 4.92 Å². The molecule has 2 aliphatic heterocycles. The normalized spacial score (nSPS) is 20.8. The number of β-lactam (4-membered cyclic amide) rings is 1. The molecular weight excluding hydrogens is 494 g/mol. The van der Waals surface area contributed by atoms with Crippen LogP contribution in [0.3, 0.4) is 0 Å². The quantitative estimate of drug-likeness (QED) is 0.224. The van der Waals surface area contributed by atoms with Gasteiger partial charge in [-0.3, -0.25) is 29.3 Å². The lowest BCUT2D eigenvalue weighted by Crippen LogP contribution is -2.71. The number of thioether (sulfide) groups is 2. The molecule has 13 nitrogen and oxygen atoms in total. The molecule has 0 bridgehead atoms. The molecule has 0 spiro atoms. The van der Waals surface area contributed by atoms with Gasteiger partial charge in [0.15, 0.2) is 4.34 Å². The highest BCUT2D eigenvalue weighted by molar-refractivity contribution is 8.01. The number of hydrogen-bond acceptors (Lipinski definition) is 11. The van der Waals surface area contributed by atoms with Gasteiger partial charge in [0.25, 0.3) is 5.91 Å². The predicted molar refractivity (Wildman–Crippen MR) is 119 cm³/mol.